The van der Waals surface area contributed by atoms with Gasteiger partial charge in [0.05, 0.1) is 12.3 Å². The molecule has 4 rings (SSSR count). The van der Waals surface area contributed by atoms with E-state index in [1.807, 2.05) is 6.92 Å². The van der Waals surface area contributed by atoms with Crippen LogP contribution in [-0.2, 0) is 11.3 Å². The number of aromatic nitrogens is 1. The summed E-state index contributed by atoms with van der Waals surface area (Å²) in [4.78, 5) is 5.33. The van der Waals surface area contributed by atoms with Gasteiger partial charge in [-0.05, 0) is 58.0 Å². The van der Waals surface area contributed by atoms with Crippen molar-refractivity contribution in [2.45, 2.75) is 52.1 Å². The van der Waals surface area contributed by atoms with Crippen LogP contribution in [0.15, 0.2) is 4.52 Å². The zero-order chi connectivity index (χ0) is 15.9. The Morgan fingerprint density at radius 2 is 2.13 bits per heavy atom. The molecule has 0 radical (unpaired) electrons. The minimum atomic E-state index is 0.500. The fourth-order valence-corrected chi connectivity index (χ4v) is 4.82. The van der Waals surface area contributed by atoms with Crippen molar-refractivity contribution in [1.29, 1.82) is 0 Å². The maximum atomic E-state index is 5.59. The monoisotopic (exact) mass is 319 g/mol. The van der Waals surface area contributed by atoms with E-state index in [9.17, 15) is 0 Å². The highest BCUT2D eigenvalue weighted by molar-refractivity contribution is 5.20. The number of ether oxygens (including phenoxy) is 1. The van der Waals surface area contributed by atoms with E-state index in [2.05, 4.69) is 21.9 Å². The van der Waals surface area contributed by atoms with Gasteiger partial charge in [-0.2, -0.15) is 0 Å². The second-order valence-electron chi connectivity index (χ2n) is 7.85. The molecule has 0 bridgehead atoms. The fourth-order valence-electron chi connectivity index (χ4n) is 4.82. The maximum absolute atomic E-state index is 5.59. The Morgan fingerprint density at radius 1 is 1.22 bits per heavy atom. The molecule has 1 aromatic heterocycles. The molecule has 0 aliphatic carbocycles. The molecule has 3 aliphatic heterocycles. The highest BCUT2D eigenvalue weighted by atomic mass is 16.5. The van der Waals surface area contributed by atoms with Crippen molar-refractivity contribution in [1.82, 2.24) is 15.0 Å². The van der Waals surface area contributed by atoms with Gasteiger partial charge in [-0.1, -0.05) is 5.16 Å². The van der Waals surface area contributed by atoms with Gasteiger partial charge >= 0.3 is 0 Å². The molecule has 3 saturated heterocycles. The summed E-state index contributed by atoms with van der Waals surface area (Å²) in [7, 11) is 0. The van der Waals surface area contributed by atoms with Gasteiger partial charge in [0.1, 0.15) is 5.76 Å². The van der Waals surface area contributed by atoms with Crippen molar-refractivity contribution in [3.05, 3.63) is 17.0 Å². The lowest BCUT2D eigenvalue weighted by molar-refractivity contribution is 0.0786. The van der Waals surface area contributed by atoms with Crippen LogP contribution in [0, 0.1) is 19.3 Å². The first-order valence-corrected chi connectivity index (χ1v) is 9.11. The van der Waals surface area contributed by atoms with Crippen molar-refractivity contribution >= 4 is 0 Å². The van der Waals surface area contributed by atoms with E-state index in [1.165, 1.54) is 57.4 Å². The average molecular weight is 319 g/mol. The standard InChI is InChI=1S/C18H29N3O2/c1-14-17(15(2)23-19-14)10-20-7-3-5-18(12-20)6-8-21(13-18)16-4-9-22-11-16/h16H,3-13H2,1-2H3/t16-,18-/m0/s1. The number of hydrogen-bond acceptors (Lipinski definition) is 5. The molecule has 4 heterocycles. The van der Waals surface area contributed by atoms with E-state index in [-0.39, 0.29) is 0 Å². The van der Waals surface area contributed by atoms with Crippen molar-refractivity contribution in [3.8, 4) is 0 Å². The zero-order valence-electron chi connectivity index (χ0n) is 14.5. The number of hydrogen-bond donors (Lipinski definition) is 0. The first-order valence-electron chi connectivity index (χ1n) is 9.11. The zero-order valence-corrected chi connectivity index (χ0v) is 14.5. The number of aryl methyl sites for hydroxylation is 2. The van der Waals surface area contributed by atoms with Crippen LogP contribution in [0.3, 0.4) is 0 Å². The van der Waals surface area contributed by atoms with E-state index in [4.69, 9.17) is 9.26 Å². The van der Waals surface area contributed by atoms with Crippen molar-refractivity contribution < 1.29 is 9.26 Å². The molecule has 128 valence electrons. The lowest BCUT2D eigenvalue weighted by Crippen LogP contribution is -2.45. The largest absolute Gasteiger partial charge is 0.380 e. The van der Waals surface area contributed by atoms with E-state index in [0.717, 1.165) is 31.2 Å². The van der Waals surface area contributed by atoms with Crippen molar-refractivity contribution in [3.63, 3.8) is 0 Å². The van der Waals surface area contributed by atoms with Crippen LogP contribution >= 0.6 is 0 Å². The first-order chi connectivity index (χ1) is 11.2. The van der Waals surface area contributed by atoms with E-state index >= 15 is 0 Å². The molecule has 0 N–H and O–H groups in total. The average Bonchev–Trinajstić information content (AvgIpc) is 3.25. The topological polar surface area (TPSA) is 41.7 Å². The van der Waals surface area contributed by atoms with Crippen LogP contribution in [0.2, 0.25) is 0 Å². The number of nitrogens with zero attached hydrogens (tertiary/aromatic N) is 3. The van der Waals surface area contributed by atoms with Gasteiger partial charge in [0, 0.05) is 37.8 Å². The SMILES string of the molecule is Cc1noc(C)c1CN1CCC[C@]2(CCN([C@H]3CCOC3)C2)C1. The summed E-state index contributed by atoms with van der Waals surface area (Å²) < 4.78 is 10.9. The minimum Gasteiger partial charge on any atom is -0.380 e. The van der Waals surface area contributed by atoms with Gasteiger partial charge in [-0.3, -0.25) is 9.80 Å². The molecule has 0 aromatic carbocycles. The molecule has 1 spiro atoms. The Balaban J connectivity index is 1.41. The molecule has 1 aromatic rings. The normalized spacial score (nSPS) is 33.0. The third-order valence-corrected chi connectivity index (χ3v) is 6.19. The fraction of sp³-hybridized carbons (Fsp3) is 0.833. The molecular weight excluding hydrogens is 290 g/mol. The summed E-state index contributed by atoms with van der Waals surface area (Å²) in [5, 5.41) is 4.11. The molecule has 5 nitrogen and oxygen atoms in total. The van der Waals surface area contributed by atoms with Crippen LogP contribution in [0.5, 0.6) is 0 Å². The number of piperidine rings is 1. The Kier molecular flexibility index (Phi) is 4.20. The maximum Gasteiger partial charge on any atom is 0.138 e. The summed E-state index contributed by atoms with van der Waals surface area (Å²) in [5.41, 5.74) is 2.85. The predicted molar refractivity (Wildman–Crippen MR) is 88.3 cm³/mol. The smallest absolute Gasteiger partial charge is 0.138 e. The summed E-state index contributed by atoms with van der Waals surface area (Å²) in [6.45, 7) is 11.9. The second kappa shape index (κ2) is 6.19. The number of likely N-dealkylation sites (tertiary alicyclic amines) is 2. The lowest BCUT2D eigenvalue weighted by Gasteiger charge is -2.41. The van der Waals surface area contributed by atoms with Gasteiger partial charge in [-0.25, -0.2) is 0 Å². The third kappa shape index (κ3) is 3.06. The van der Waals surface area contributed by atoms with E-state index < -0.39 is 0 Å². The van der Waals surface area contributed by atoms with Gasteiger partial charge in [0.15, 0.2) is 0 Å². The number of rotatable bonds is 3. The third-order valence-electron chi connectivity index (χ3n) is 6.19. The lowest BCUT2D eigenvalue weighted by atomic mass is 9.79. The molecule has 5 heteroatoms. The highest BCUT2D eigenvalue weighted by Crippen LogP contribution is 2.40. The first kappa shape index (κ1) is 15.6. The van der Waals surface area contributed by atoms with Crippen LogP contribution in [0.25, 0.3) is 0 Å². The Bertz CT molecular complexity index is 533. The molecular formula is C18H29N3O2. The Labute approximate surface area is 138 Å². The second-order valence-corrected chi connectivity index (χ2v) is 7.85. The molecule has 0 saturated carbocycles. The molecule has 3 fully saturated rings. The molecule has 23 heavy (non-hydrogen) atoms. The molecule has 0 unspecified atom stereocenters. The molecule has 3 aliphatic rings. The van der Waals surface area contributed by atoms with Gasteiger partial charge in [-0.15, -0.1) is 0 Å². The van der Waals surface area contributed by atoms with Crippen LogP contribution in [0.4, 0.5) is 0 Å². The van der Waals surface area contributed by atoms with Gasteiger partial charge in [0.25, 0.3) is 0 Å². The van der Waals surface area contributed by atoms with E-state index in [1.54, 1.807) is 0 Å². The summed E-state index contributed by atoms with van der Waals surface area (Å²) in [6.07, 6.45) is 5.27. The van der Waals surface area contributed by atoms with Crippen LogP contribution in [0.1, 0.15) is 42.7 Å². The van der Waals surface area contributed by atoms with E-state index in [0.29, 0.717) is 11.5 Å². The van der Waals surface area contributed by atoms with Crippen LogP contribution in [-0.4, -0.2) is 60.4 Å². The minimum absolute atomic E-state index is 0.500. The summed E-state index contributed by atoms with van der Waals surface area (Å²) >= 11 is 0. The summed E-state index contributed by atoms with van der Waals surface area (Å²) in [6, 6.07) is 0.673. The Hall–Kier alpha value is -0.910. The predicted octanol–water partition coefficient (Wildman–Crippen LogP) is 2.37. The van der Waals surface area contributed by atoms with Crippen molar-refractivity contribution in [2.75, 3.05) is 39.4 Å². The molecule has 0 amide bonds. The Morgan fingerprint density at radius 3 is 2.87 bits per heavy atom. The van der Waals surface area contributed by atoms with Gasteiger partial charge < -0.3 is 9.26 Å². The quantitative estimate of drug-likeness (QED) is 0.855. The van der Waals surface area contributed by atoms with Crippen molar-refractivity contribution in [2.24, 2.45) is 5.41 Å². The summed E-state index contributed by atoms with van der Waals surface area (Å²) in [5.74, 6) is 0.985. The highest BCUT2D eigenvalue weighted by Gasteiger charge is 2.43. The van der Waals surface area contributed by atoms with Gasteiger partial charge in [0.2, 0.25) is 0 Å². The molecule has 2 atom stereocenters. The van der Waals surface area contributed by atoms with Crippen LogP contribution < -0.4 is 0 Å².